The standard InChI is InChI=1S/C16H28N4/c1-12(2)20-11-15(8-18-20)16(7-17)19(9-13-3-4-13)10-14-5-6-14/h8,11-14,16H,3-7,9-10,17H2,1-2H3. The smallest absolute Gasteiger partial charge is 0.0538 e. The monoisotopic (exact) mass is 276 g/mol. The largest absolute Gasteiger partial charge is 0.329 e. The molecule has 4 heteroatoms. The molecule has 1 atom stereocenters. The van der Waals surface area contributed by atoms with Crippen LogP contribution in [0.1, 0.15) is 57.2 Å². The van der Waals surface area contributed by atoms with E-state index in [4.69, 9.17) is 5.73 Å². The van der Waals surface area contributed by atoms with Crippen LogP contribution in [0.25, 0.3) is 0 Å². The third-order valence-electron chi connectivity index (χ3n) is 4.58. The summed E-state index contributed by atoms with van der Waals surface area (Å²) >= 11 is 0. The van der Waals surface area contributed by atoms with Crippen molar-refractivity contribution in [3.63, 3.8) is 0 Å². The van der Waals surface area contributed by atoms with Crippen LogP contribution in [-0.2, 0) is 0 Å². The van der Waals surface area contributed by atoms with Crippen LogP contribution >= 0.6 is 0 Å². The van der Waals surface area contributed by atoms with Crippen LogP contribution in [0.3, 0.4) is 0 Å². The maximum atomic E-state index is 6.10. The molecule has 2 saturated carbocycles. The Bertz CT molecular complexity index is 417. The zero-order valence-electron chi connectivity index (χ0n) is 12.8. The van der Waals surface area contributed by atoms with Gasteiger partial charge in [-0.3, -0.25) is 9.58 Å². The Balaban J connectivity index is 1.72. The quantitative estimate of drug-likeness (QED) is 0.794. The first-order valence-electron chi connectivity index (χ1n) is 8.15. The number of nitrogens with zero attached hydrogens (tertiary/aromatic N) is 3. The minimum atomic E-state index is 0.351. The van der Waals surface area contributed by atoms with E-state index in [1.165, 1.54) is 44.3 Å². The first-order chi connectivity index (χ1) is 9.67. The second kappa shape index (κ2) is 5.86. The minimum Gasteiger partial charge on any atom is -0.329 e. The molecule has 0 saturated heterocycles. The second-order valence-corrected chi connectivity index (χ2v) is 6.94. The summed E-state index contributed by atoms with van der Waals surface area (Å²) in [4.78, 5) is 2.64. The molecular formula is C16H28N4. The highest BCUT2D eigenvalue weighted by Crippen LogP contribution is 2.36. The van der Waals surface area contributed by atoms with E-state index < -0.39 is 0 Å². The summed E-state index contributed by atoms with van der Waals surface area (Å²) in [5, 5.41) is 4.49. The summed E-state index contributed by atoms with van der Waals surface area (Å²) in [6.07, 6.45) is 9.83. The molecule has 1 unspecified atom stereocenters. The molecule has 1 aromatic rings. The van der Waals surface area contributed by atoms with E-state index in [-0.39, 0.29) is 0 Å². The molecule has 2 fully saturated rings. The van der Waals surface area contributed by atoms with Gasteiger partial charge in [0.15, 0.2) is 0 Å². The Morgan fingerprint density at radius 3 is 2.25 bits per heavy atom. The van der Waals surface area contributed by atoms with Crippen LogP contribution in [-0.4, -0.2) is 34.3 Å². The highest BCUT2D eigenvalue weighted by Gasteiger charge is 2.33. The molecule has 4 nitrogen and oxygen atoms in total. The van der Waals surface area contributed by atoms with Crippen LogP contribution in [0.5, 0.6) is 0 Å². The van der Waals surface area contributed by atoms with Gasteiger partial charge >= 0.3 is 0 Å². The predicted molar refractivity (Wildman–Crippen MR) is 81.4 cm³/mol. The molecule has 112 valence electrons. The van der Waals surface area contributed by atoms with Crippen LogP contribution in [0.4, 0.5) is 0 Å². The number of aromatic nitrogens is 2. The average molecular weight is 276 g/mol. The predicted octanol–water partition coefficient (Wildman–Crippen LogP) is 2.59. The third-order valence-corrected chi connectivity index (χ3v) is 4.58. The van der Waals surface area contributed by atoms with E-state index >= 15 is 0 Å². The molecule has 2 N–H and O–H groups in total. The molecule has 1 aromatic heterocycles. The fraction of sp³-hybridized carbons (Fsp3) is 0.812. The van der Waals surface area contributed by atoms with Gasteiger partial charge in [0.1, 0.15) is 0 Å². The Morgan fingerprint density at radius 1 is 1.25 bits per heavy atom. The van der Waals surface area contributed by atoms with Crippen molar-refractivity contribution in [1.82, 2.24) is 14.7 Å². The molecule has 0 aliphatic heterocycles. The van der Waals surface area contributed by atoms with Gasteiger partial charge in [-0.25, -0.2) is 0 Å². The summed E-state index contributed by atoms with van der Waals surface area (Å²) in [7, 11) is 0. The number of hydrogen-bond donors (Lipinski definition) is 1. The third kappa shape index (κ3) is 3.41. The summed E-state index contributed by atoms with van der Waals surface area (Å²) in [6.45, 7) is 7.49. The van der Waals surface area contributed by atoms with Gasteiger partial charge in [-0.15, -0.1) is 0 Å². The first-order valence-corrected chi connectivity index (χ1v) is 8.15. The van der Waals surface area contributed by atoms with E-state index in [9.17, 15) is 0 Å². The Kier molecular flexibility index (Phi) is 4.13. The van der Waals surface area contributed by atoms with Gasteiger partial charge in [-0.2, -0.15) is 5.10 Å². The van der Waals surface area contributed by atoms with Gasteiger partial charge < -0.3 is 5.73 Å². The lowest BCUT2D eigenvalue weighted by Gasteiger charge is -2.30. The molecule has 0 radical (unpaired) electrons. The lowest BCUT2D eigenvalue weighted by Crippen LogP contribution is -2.36. The van der Waals surface area contributed by atoms with Gasteiger partial charge in [0, 0.05) is 37.4 Å². The van der Waals surface area contributed by atoms with E-state index in [1.807, 2.05) is 10.9 Å². The molecule has 2 aliphatic rings. The topological polar surface area (TPSA) is 47.1 Å². The van der Waals surface area contributed by atoms with Crippen LogP contribution in [0.2, 0.25) is 0 Å². The minimum absolute atomic E-state index is 0.351. The van der Waals surface area contributed by atoms with Crippen molar-refractivity contribution in [3.8, 4) is 0 Å². The van der Waals surface area contributed by atoms with Gasteiger partial charge in [0.2, 0.25) is 0 Å². The molecule has 1 heterocycles. The average Bonchev–Trinajstić information content (AvgIpc) is 3.33. The molecule has 2 aliphatic carbocycles. The van der Waals surface area contributed by atoms with Gasteiger partial charge in [-0.1, -0.05) is 0 Å². The maximum Gasteiger partial charge on any atom is 0.0538 e. The summed E-state index contributed by atoms with van der Waals surface area (Å²) in [5.41, 5.74) is 7.40. The SMILES string of the molecule is CC(C)n1cc(C(CN)N(CC2CC2)CC2CC2)cn1. The number of hydrogen-bond acceptors (Lipinski definition) is 3. The molecular weight excluding hydrogens is 248 g/mol. The molecule has 3 rings (SSSR count). The molecule has 0 bridgehead atoms. The number of nitrogens with two attached hydrogens (primary N) is 1. The maximum absolute atomic E-state index is 6.10. The van der Waals surface area contributed by atoms with E-state index in [2.05, 4.69) is 30.0 Å². The van der Waals surface area contributed by atoms with Crippen molar-refractivity contribution in [3.05, 3.63) is 18.0 Å². The highest BCUT2D eigenvalue weighted by atomic mass is 15.3. The number of rotatable bonds is 8. The van der Waals surface area contributed by atoms with Crippen LogP contribution in [0, 0.1) is 11.8 Å². The normalized spacial score (nSPS) is 20.9. The fourth-order valence-electron chi connectivity index (χ4n) is 2.90. The van der Waals surface area contributed by atoms with E-state index in [1.54, 1.807) is 0 Å². The fourth-order valence-corrected chi connectivity index (χ4v) is 2.90. The molecule has 0 spiro atoms. The van der Waals surface area contributed by atoms with Crippen molar-refractivity contribution >= 4 is 0 Å². The molecule has 20 heavy (non-hydrogen) atoms. The van der Waals surface area contributed by atoms with Crippen LogP contribution < -0.4 is 5.73 Å². The zero-order valence-corrected chi connectivity index (χ0v) is 12.8. The van der Waals surface area contributed by atoms with E-state index in [0.29, 0.717) is 18.6 Å². The zero-order chi connectivity index (χ0) is 14.1. The molecule has 0 amide bonds. The highest BCUT2D eigenvalue weighted by molar-refractivity contribution is 5.12. The van der Waals surface area contributed by atoms with E-state index in [0.717, 1.165) is 11.8 Å². The second-order valence-electron chi connectivity index (χ2n) is 6.94. The van der Waals surface area contributed by atoms with Gasteiger partial charge in [0.05, 0.1) is 12.2 Å². The lowest BCUT2D eigenvalue weighted by molar-refractivity contribution is 0.184. The van der Waals surface area contributed by atoms with Crippen molar-refractivity contribution in [2.45, 2.75) is 51.6 Å². The van der Waals surface area contributed by atoms with Crippen molar-refractivity contribution in [2.75, 3.05) is 19.6 Å². The molecule has 0 aromatic carbocycles. The summed E-state index contributed by atoms with van der Waals surface area (Å²) in [5.74, 6) is 1.84. The first kappa shape index (κ1) is 14.1. The summed E-state index contributed by atoms with van der Waals surface area (Å²) in [6, 6.07) is 0.770. The van der Waals surface area contributed by atoms with Gasteiger partial charge in [0.25, 0.3) is 0 Å². The van der Waals surface area contributed by atoms with Crippen LogP contribution in [0.15, 0.2) is 12.4 Å². The van der Waals surface area contributed by atoms with Crippen molar-refractivity contribution in [2.24, 2.45) is 17.6 Å². The Hall–Kier alpha value is -0.870. The van der Waals surface area contributed by atoms with Crippen molar-refractivity contribution < 1.29 is 0 Å². The van der Waals surface area contributed by atoms with Gasteiger partial charge in [-0.05, 0) is 51.4 Å². The lowest BCUT2D eigenvalue weighted by atomic mass is 10.1. The Morgan fingerprint density at radius 2 is 1.85 bits per heavy atom. The summed E-state index contributed by atoms with van der Waals surface area (Å²) < 4.78 is 2.05. The van der Waals surface area contributed by atoms with Crippen molar-refractivity contribution in [1.29, 1.82) is 0 Å². The Labute approximate surface area is 122 Å².